The van der Waals surface area contributed by atoms with Gasteiger partial charge in [0.15, 0.2) is 5.76 Å². The molecule has 0 fully saturated rings. The minimum atomic E-state index is -0.118. The fraction of sp³-hybridized carbons (Fsp3) is 0.273. The van der Waals surface area contributed by atoms with E-state index in [9.17, 15) is 4.79 Å². The van der Waals surface area contributed by atoms with Gasteiger partial charge in [0.2, 0.25) is 5.78 Å². The molecule has 0 unspecified atom stereocenters. The number of hydrogen-bond donors (Lipinski definition) is 0. The van der Waals surface area contributed by atoms with Crippen molar-refractivity contribution < 1.29 is 9.21 Å². The molecule has 0 aliphatic rings. The molecule has 84 valence electrons. The van der Waals surface area contributed by atoms with Gasteiger partial charge in [0.1, 0.15) is 6.54 Å². The number of furan rings is 1. The van der Waals surface area contributed by atoms with Crippen molar-refractivity contribution in [3.63, 3.8) is 0 Å². The number of aryl methyl sites for hydroxylation is 1. The van der Waals surface area contributed by atoms with Gasteiger partial charge >= 0.3 is 0 Å². The molecule has 2 heterocycles. The zero-order valence-electron chi connectivity index (χ0n) is 9.03. The number of aromatic nitrogens is 2. The van der Waals surface area contributed by atoms with E-state index in [1.165, 1.54) is 6.26 Å². The van der Waals surface area contributed by atoms with Crippen LogP contribution in [0.2, 0.25) is 5.02 Å². The molecule has 2 aromatic rings. The summed E-state index contributed by atoms with van der Waals surface area (Å²) in [7, 11) is 0. The second kappa shape index (κ2) is 4.14. The lowest BCUT2D eigenvalue weighted by Gasteiger charge is -2.01. The van der Waals surface area contributed by atoms with Crippen LogP contribution >= 0.6 is 11.6 Å². The molecule has 0 aliphatic carbocycles. The zero-order chi connectivity index (χ0) is 11.7. The molecule has 0 radical (unpaired) electrons. The first-order chi connectivity index (χ1) is 7.59. The Hall–Kier alpha value is -1.55. The Morgan fingerprint density at radius 3 is 2.81 bits per heavy atom. The van der Waals surface area contributed by atoms with Crippen LogP contribution in [0.1, 0.15) is 21.9 Å². The van der Waals surface area contributed by atoms with Crippen molar-refractivity contribution in [3.8, 4) is 0 Å². The number of ketones is 1. The maximum atomic E-state index is 11.8. The van der Waals surface area contributed by atoms with Gasteiger partial charge in [-0.3, -0.25) is 9.48 Å². The van der Waals surface area contributed by atoms with E-state index in [0.29, 0.717) is 10.8 Å². The molecule has 0 aliphatic heterocycles. The van der Waals surface area contributed by atoms with Gasteiger partial charge < -0.3 is 4.42 Å². The SMILES string of the molecule is Cc1nn(CC(=O)c2ccco2)c(C)c1Cl. The van der Waals surface area contributed by atoms with Crippen LogP contribution in [-0.4, -0.2) is 15.6 Å². The maximum Gasteiger partial charge on any atom is 0.219 e. The molecular formula is C11H11ClN2O2. The molecule has 5 heteroatoms. The monoisotopic (exact) mass is 238 g/mol. The number of Topliss-reactive ketones (excluding diaryl/α,β-unsaturated/α-hetero) is 1. The van der Waals surface area contributed by atoms with E-state index < -0.39 is 0 Å². The van der Waals surface area contributed by atoms with Gasteiger partial charge in [-0.2, -0.15) is 5.10 Å². The lowest BCUT2D eigenvalue weighted by Crippen LogP contribution is -2.12. The van der Waals surface area contributed by atoms with Crippen LogP contribution in [0.25, 0.3) is 0 Å². The largest absolute Gasteiger partial charge is 0.461 e. The van der Waals surface area contributed by atoms with Gasteiger partial charge in [-0.05, 0) is 26.0 Å². The van der Waals surface area contributed by atoms with Crippen LogP contribution in [0.3, 0.4) is 0 Å². The summed E-state index contributed by atoms with van der Waals surface area (Å²) in [4.78, 5) is 11.8. The average Bonchev–Trinajstić information content (AvgIpc) is 2.85. The topological polar surface area (TPSA) is 48.0 Å². The minimum absolute atomic E-state index is 0.118. The van der Waals surface area contributed by atoms with Crippen LogP contribution < -0.4 is 0 Å². The van der Waals surface area contributed by atoms with Crippen molar-refractivity contribution in [2.45, 2.75) is 20.4 Å². The first-order valence-corrected chi connectivity index (χ1v) is 5.23. The van der Waals surface area contributed by atoms with Crippen molar-refractivity contribution in [1.82, 2.24) is 9.78 Å². The average molecular weight is 239 g/mol. The quantitative estimate of drug-likeness (QED) is 0.773. The highest BCUT2D eigenvalue weighted by Crippen LogP contribution is 2.19. The highest BCUT2D eigenvalue weighted by molar-refractivity contribution is 6.31. The van der Waals surface area contributed by atoms with Crippen LogP contribution in [0.15, 0.2) is 22.8 Å². The van der Waals surface area contributed by atoms with Gasteiger partial charge in [-0.25, -0.2) is 0 Å². The Labute approximate surface area is 97.8 Å². The summed E-state index contributed by atoms with van der Waals surface area (Å²) >= 11 is 5.99. The van der Waals surface area contributed by atoms with Gasteiger partial charge in [-0.15, -0.1) is 0 Å². The molecule has 2 rings (SSSR count). The molecular weight excluding hydrogens is 228 g/mol. The van der Waals surface area contributed by atoms with E-state index >= 15 is 0 Å². The van der Waals surface area contributed by atoms with E-state index in [4.69, 9.17) is 16.0 Å². The van der Waals surface area contributed by atoms with Crippen molar-refractivity contribution >= 4 is 17.4 Å². The lowest BCUT2D eigenvalue weighted by atomic mass is 10.3. The van der Waals surface area contributed by atoms with E-state index in [1.54, 1.807) is 16.8 Å². The molecule has 16 heavy (non-hydrogen) atoms. The molecule has 4 nitrogen and oxygen atoms in total. The van der Waals surface area contributed by atoms with E-state index in [0.717, 1.165) is 11.4 Å². The minimum Gasteiger partial charge on any atom is -0.461 e. The van der Waals surface area contributed by atoms with E-state index in [1.807, 2.05) is 13.8 Å². The molecule has 0 N–H and O–H groups in total. The standard InChI is InChI=1S/C11H11ClN2O2/c1-7-11(12)8(2)14(13-7)6-9(15)10-4-3-5-16-10/h3-5H,6H2,1-2H3. The molecule has 2 aromatic heterocycles. The third-order valence-electron chi connectivity index (χ3n) is 2.38. The van der Waals surface area contributed by atoms with Gasteiger partial charge in [0.05, 0.1) is 22.7 Å². The Bertz CT molecular complexity index is 514. The number of halogens is 1. The predicted molar refractivity (Wildman–Crippen MR) is 59.7 cm³/mol. The maximum absolute atomic E-state index is 11.8. The van der Waals surface area contributed by atoms with E-state index in [-0.39, 0.29) is 12.3 Å². The molecule has 0 aromatic carbocycles. The van der Waals surface area contributed by atoms with Crippen LogP contribution in [0.4, 0.5) is 0 Å². The number of rotatable bonds is 3. The molecule has 0 amide bonds. The molecule has 0 atom stereocenters. The fourth-order valence-corrected chi connectivity index (χ4v) is 1.62. The zero-order valence-corrected chi connectivity index (χ0v) is 9.78. The summed E-state index contributed by atoms with van der Waals surface area (Å²) < 4.78 is 6.61. The smallest absolute Gasteiger partial charge is 0.219 e. The summed E-state index contributed by atoms with van der Waals surface area (Å²) in [6.45, 7) is 3.79. The lowest BCUT2D eigenvalue weighted by molar-refractivity contribution is 0.0939. The van der Waals surface area contributed by atoms with Gasteiger partial charge in [0.25, 0.3) is 0 Å². The Morgan fingerprint density at radius 2 is 2.31 bits per heavy atom. The summed E-state index contributed by atoms with van der Waals surface area (Å²) in [5.41, 5.74) is 1.52. The second-order valence-electron chi connectivity index (χ2n) is 3.54. The third-order valence-corrected chi connectivity index (χ3v) is 2.93. The molecule has 0 spiro atoms. The summed E-state index contributed by atoms with van der Waals surface area (Å²) in [5, 5.41) is 4.79. The second-order valence-corrected chi connectivity index (χ2v) is 3.92. The molecule has 0 saturated heterocycles. The van der Waals surface area contributed by atoms with Crippen molar-refractivity contribution in [2.75, 3.05) is 0 Å². The third kappa shape index (κ3) is 1.88. The van der Waals surface area contributed by atoms with Crippen molar-refractivity contribution in [2.24, 2.45) is 0 Å². The highest BCUT2D eigenvalue weighted by Gasteiger charge is 2.14. The van der Waals surface area contributed by atoms with Crippen molar-refractivity contribution in [3.05, 3.63) is 40.6 Å². The Balaban J connectivity index is 2.22. The number of hydrogen-bond acceptors (Lipinski definition) is 3. The van der Waals surface area contributed by atoms with Crippen molar-refractivity contribution in [1.29, 1.82) is 0 Å². The number of nitrogens with zero attached hydrogens (tertiary/aromatic N) is 2. The normalized spacial score (nSPS) is 10.7. The van der Waals surface area contributed by atoms with Crippen LogP contribution in [-0.2, 0) is 6.54 Å². The molecule has 0 saturated carbocycles. The number of carbonyl (C=O) groups is 1. The highest BCUT2D eigenvalue weighted by atomic mass is 35.5. The van der Waals surface area contributed by atoms with Crippen LogP contribution in [0.5, 0.6) is 0 Å². The van der Waals surface area contributed by atoms with Gasteiger partial charge in [-0.1, -0.05) is 11.6 Å². The Kier molecular flexibility index (Phi) is 2.83. The van der Waals surface area contributed by atoms with E-state index in [2.05, 4.69) is 5.10 Å². The van der Waals surface area contributed by atoms with Gasteiger partial charge in [0, 0.05) is 0 Å². The predicted octanol–water partition coefficient (Wildman–Crippen LogP) is 2.63. The number of carbonyl (C=O) groups excluding carboxylic acids is 1. The summed E-state index contributed by atoms with van der Waals surface area (Å²) in [5.74, 6) is 0.218. The first kappa shape index (κ1) is 11.0. The molecule has 0 bridgehead atoms. The first-order valence-electron chi connectivity index (χ1n) is 4.86. The fourth-order valence-electron chi connectivity index (χ4n) is 1.48. The summed E-state index contributed by atoms with van der Waals surface area (Å²) in [6.07, 6.45) is 1.47. The Morgan fingerprint density at radius 1 is 1.56 bits per heavy atom. The van der Waals surface area contributed by atoms with Crippen LogP contribution in [0, 0.1) is 13.8 Å². The summed E-state index contributed by atoms with van der Waals surface area (Å²) in [6, 6.07) is 3.32.